The number of nitrogens with two attached hydrogens (primary N) is 1. The summed E-state index contributed by atoms with van der Waals surface area (Å²) in [5.74, 6) is 0.0928. The van der Waals surface area contributed by atoms with Gasteiger partial charge in [0.2, 0.25) is 11.1 Å². The Kier molecular flexibility index (Phi) is 4.31. The third-order valence-electron chi connectivity index (χ3n) is 2.32. The van der Waals surface area contributed by atoms with Crippen molar-refractivity contribution < 1.29 is 9.59 Å². The van der Waals surface area contributed by atoms with Crippen LogP contribution < -0.4 is 11.1 Å². The summed E-state index contributed by atoms with van der Waals surface area (Å²) in [6.07, 6.45) is 3.29. The smallest absolute Gasteiger partial charge is 0.318 e. The average molecular weight is 292 g/mol. The number of imide groups is 1. The van der Waals surface area contributed by atoms with E-state index in [9.17, 15) is 9.59 Å². The van der Waals surface area contributed by atoms with E-state index in [1.807, 2.05) is 5.32 Å². The fraction of sp³-hybridized carbons (Fsp3) is 0.182. The van der Waals surface area contributed by atoms with Crippen LogP contribution >= 0.6 is 11.8 Å². The van der Waals surface area contributed by atoms with Gasteiger partial charge in [0.15, 0.2) is 5.82 Å². The van der Waals surface area contributed by atoms with Crippen LogP contribution in [0.4, 0.5) is 4.79 Å². The van der Waals surface area contributed by atoms with Crippen molar-refractivity contribution in [1.82, 2.24) is 25.5 Å². The predicted molar refractivity (Wildman–Crippen MR) is 72.7 cm³/mol. The highest BCUT2D eigenvalue weighted by molar-refractivity contribution is 8.00. The number of primary amides is 1. The molecule has 3 amide bonds. The van der Waals surface area contributed by atoms with Gasteiger partial charge >= 0.3 is 6.03 Å². The largest absolute Gasteiger partial charge is 0.351 e. The second-order valence-electron chi connectivity index (χ2n) is 3.82. The number of aromatic nitrogens is 4. The van der Waals surface area contributed by atoms with Gasteiger partial charge < -0.3 is 5.73 Å². The summed E-state index contributed by atoms with van der Waals surface area (Å²) < 4.78 is 0. The van der Waals surface area contributed by atoms with E-state index in [2.05, 4.69) is 20.2 Å². The molecule has 20 heavy (non-hydrogen) atoms. The van der Waals surface area contributed by atoms with Crippen molar-refractivity contribution >= 4 is 23.7 Å². The van der Waals surface area contributed by atoms with Crippen LogP contribution in [0.15, 0.2) is 29.7 Å². The summed E-state index contributed by atoms with van der Waals surface area (Å²) in [6, 6.07) is 2.70. The fourth-order valence-electron chi connectivity index (χ4n) is 1.37. The summed E-state index contributed by atoms with van der Waals surface area (Å²) in [7, 11) is 0. The first-order valence-electron chi connectivity index (χ1n) is 5.66. The molecule has 0 aromatic carbocycles. The lowest BCUT2D eigenvalue weighted by Gasteiger charge is -2.06. The van der Waals surface area contributed by atoms with Gasteiger partial charge in [0.1, 0.15) is 0 Å². The summed E-state index contributed by atoms with van der Waals surface area (Å²) in [6.45, 7) is 1.63. The molecule has 8 nitrogen and oxygen atoms in total. The Morgan fingerprint density at radius 2 is 2.10 bits per heavy atom. The normalized spacial score (nSPS) is 11.8. The number of carbonyl (C=O) groups is 2. The molecule has 0 saturated heterocycles. The Balaban J connectivity index is 2.03. The van der Waals surface area contributed by atoms with Gasteiger partial charge in [-0.3, -0.25) is 20.2 Å². The average Bonchev–Trinajstić information content (AvgIpc) is 2.87. The van der Waals surface area contributed by atoms with Crippen LogP contribution in [0, 0.1) is 0 Å². The number of urea groups is 1. The van der Waals surface area contributed by atoms with E-state index in [1.165, 1.54) is 0 Å². The second-order valence-corrected chi connectivity index (χ2v) is 5.12. The lowest BCUT2D eigenvalue weighted by molar-refractivity contribution is -0.119. The molecule has 0 spiro atoms. The van der Waals surface area contributed by atoms with Gasteiger partial charge in [-0.25, -0.2) is 9.78 Å². The number of carbonyl (C=O) groups excluding carboxylic acids is 2. The first-order valence-corrected chi connectivity index (χ1v) is 6.54. The maximum atomic E-state index is 11.5. The van der Waals surface area contributed by atoms with Crippen LogP contribution in [-0.2, 0) is 4.79 Å². The van der Waals surface area contributed by atoms with Gasteiger partial charge in [0.05, 0.1) is 5.25 Å². The van der Waals surface area contributed by atoms with Crippen LogP contribution in [0.25, 0.3) is 11.4 Å². The number of hydrogen-bond donors (Lipinski definition) is 3. The first-order chi connectivity index (χ1) is 9.56. The van der Waals surface area contributed by atoms with E-state index in [0.29, 0.717) is 11.0 Å². The predicted octanol–water partition coefficient (Wildman–Crippen LogP) is 0.542. The van der Waals surface area contributed by atoms with Gasteiger partial charge in [-0.1, -0.05) is 11.8 Å². The number of aromatic amines is 1. The molecule has 1 atom stereocenters. The van der Waals surface area contributed by atoms with Crippen molar-refractivity contribution in [1.29, 1.82) is 0 Å². The SMILES string of the molecule is C[C@H](Sc1n[nH]c(-c2ccncc2)n1)C(=O)NC(N)=O. The molecule has 0 aliphatic rings. The Labute approximate surface area is 118 Å². The van der Waals surface area contributed by atoms with Crippen LogP contribution in [0.5, 0.6) is 0 Å². The minimum atomic E-state index is -0.880. The van der Waals surface area contributed by atoms with Gasteiger partial charge in [-0.05, 0) is 19.1 Å². The van der Waals surface area contributed by atoms with Crippen molar-refractivity contribution in [3.8, 4) is 11.4 Å². The molecule has 2 rings (SSSR count). The summed E-state index contributed by atoms with van der Waals surface area (Å²) in [5.41, 5.74) is 5.72. The highest BCUT2D eigenvalue weighted by atomic mass is 32.2. The van der Waals surface area contributed by atoms with Crippen molar-refractivity contribution in [2.75, 3.05) is 0 Å². The third kappa shape index (κ3) is 3.54. The lowest BCUT2D eigenvalue weighted by Crippen LogP contribution is -2.39. The molecule has 9 heteroatoms. The van der Waals surface area contributed by atoms with E-state index in [4.69, 9.17) is 5.73 Å². The van der Waals surface area contributed by atoms with Crippen molar-refractivity contribution in [3.05, 3.63) is 24.5 Å². The Morgan fingerprint density at radius 1 is 1.40 bits per heavy atom. The van der Waals surface area contributed by atoms with Crippen molar-refractivity contribution in [2.24, 2.45) is 5.73 Å². The minimum absolute atomic E-state index is 0.406. The van der Waals surface area contributed by atoms with E-state index < -0.39 is 17.2 Å². The Morgan fingerprint density at radius 3 is 2.75 bits per heavy atom. The molecular weight excluding hydrogens is 280 g/mol. The quantitative estimate of drug-likeness (QED) is 0.706. The minimum Gasteiger partial charge on any atom is -0.351 e. The molecule has 2 aromatic heterocycles. The Hall–Kier alpha value is -2.42. The summed E-state index contributed by atoms with van der Waals surface area (Å²) in [4.78, 5) is 30.3. The molecule has 0 saturated carbocycles. The number of hydrogen-bond acceptors (Lipinski definition) is 6. The molecule has 104 valence electrons. The molecule has 0 unspecified atom stereocenters. The number of nitrogens with zero attached hydrogens (tertiary/aromatic N) is 3. The number of H-pyrrole nitrogens is 1. The van der Waals surface area contributed by atoms with E-state index in [0.717, 1.165) is 17.3 Å². The molecule has 0 fully saturated rings. The van der Waals surface area contributed by atoms with Crippen molar-refractivity contribution in [2.45, 2.75) is 17.3 Å². The van der Waals surface area contributed by atoms with Gasteiger partial charge in [-0.2, -0.15) is 0 Å². The zero-order valence-electron chi connectivity index (χ0n) is 10.5. The van der Waals surface area contributed by atoms with Crippen molar-refractivity contribution in [3.63, 3.8) is 0 Å². The van der Waals surface area contributed by atoms with E-state index >= 15 is 0 Å². The first kappa shape index (κ1) is 14.0. The molecule has 2 heterocycles. The molecule has 0 aliphatic heterocycles. The number of pyridine rings is 1. The maximum absolute atomic E-state index is 11.5. The molecule has 0 radical (unpaired) electrons. The highest BCUT2D eigenvalue weighted by Crippen LogP contribution is 2.22. The maximum Gasteiger partial charge on any atom is 0.318 e. The standard InChI is InChI=1S/C11H12N6O2S/c1-6(9(18)15-10(12)19)20-11-14-8(16-17-11)7-2-4-13-5-3-7/h2-6H,1H3,(H,14,16,17)(H3,12,15,18,19)/t6-/m0/s1. The van der Waals surface area contributed by atoms with Crippen LogP contribution in [0.1, 0.15) is 6.92 Å². The van der Waals surface area contributed by atoms with Crippen LogP contribution in [0.2, 0.25) is 0 Å². The zero-order valence-corrected chi connectivity index (χ0v) is 11.3. The molecule has 0 bridgehead atoms. The summed E-state index contributed by atoms with van der Waals surface area (Å²) in [5, 5.41) is 8.65. The number of amides is 3. The highest BCUT2D eigenvalue weighted by Gasteiger charge is 2.18. The number of thioether (sulfide) groups is 1. The topological polar surface area (TPSA) is 127 Å². The molecular formula is C11H12N6O2S. The van der Waals surface area contributed by atoms with Gasteiger partial charge in [0.25, 0.3) is 0 Å². The number of nitrogens with one attached hydrogen (secondary N) is 2. The zero-order chi connectivity index (χ0) is 14.5. The third-order valence-corrected chi connectivity index (χ3v) is 3.28. The second kappa shape index (κ2) is 6.15. The monoisotopic (exact) mass is 292 g/mol. The number of rotatable bonds is 4. The lowest BCUT2D eigenvalue weighted by atomic mass is 10.3. The molecule has 2 aromatic rings. The fourth-order valence-corrected chi connectivity index (χ4v) is 2.10. The molecule has 0 aliphatic carbocycles. The Bertz CT molecular complexity index is 614. The van der Waals surface area contributed by atoms with Crippen LogP contribution in [0.3, 0.4) is 0 Å². The molecule has 4 N–H and O–H groups in total. The van der Waals surface area contributed by atoms with Crippen LogP contribution in [-0.4, -0.2) is 37.4 Å². The van der Waals surface area contributed by atoms with E-state index in [1.54, 1.807) is 31.5 Å². The van der Waals surface area contributed by atoms with Gasteiger partial charge in [0, 0.05) is 18.0 Å². The summed E-state index contributed by atoms with van der Waals surface area (Å²) >= 11 is 1.12. The van der Waals surface area contributed by atoms with Gasteiger partial charge in [-0.15, -0.1) is 5.10 Å². The van der Waals surface area contributed by atoms with E-state index in [-0.39, 0.29) is 0 Å².